The van der Waals surface area contributed by atoms with Crippen molar-refractivity contribution in [2.24, 2.45) is 0 Å². The number of hydrazine groups is 1. The molecule has 0 aromatic heterocycles. The molecule has 28 heavy (non-hydrogen) atoms. The molecule has 2 N–H and O–H groups in total. The summed E-state index contributed by atoms with van der Waals surface area (Å²) < 4.78 is 27.8. The van der Waals surface area contributed by atoms with Crippen molar-refractivity contribution in [3.63, 3.8) is 0 Å². The molecule has 0 fully saturated rings. The first-order chi connectivity index (χ1) is 13.5. The van der Waals surface area contributed by atoms with Gasteiger partial charge in [-0.1, -0.05) is 66.2 Å². The summed E-state index contributed by atoms with van der Waals surface area (Å²) in [6.45, 7) is 2.00. The molecule has 3 aromatic carbocycles. The van der Waals surface area contributed by atoms with Crippen LogP contribution in [0.2, 0.25) is 0 Å². The highest BCUT2D eigenvalue weighted by atomic mass is 32.2. The third-order valence-corrected chi connectivity index (χ3v) is 6.43. The number of nitrogens with zero attached hydrogens (tertiary/aromatic N) is 1. The lowest BCUT2D eigenvalue weighted by molar-refractivity contribution is 0.339. The maximum atomic E-state index is 13.3. The number of hydrogen-bond donors (Lipinski definition) is 2. The molecule has 0 radical (unpaired) electrons. The number of benzene rings is 3. The summed E-state index contributed by atoms with van der Waals surface area (Å²) in [6.07, 6.45) is 1.82. The van der Waals surface area contributed by atoms with Crippen molar-refractivity contribution in [3.8, 4) is 5.75 Å². The fraction of sp³-hybridized carbons (Fsp3) is 0.0909. The van der Waals surface area contributed by atoms with Crippen molar-refractivity contribution in [2.75, 3.05) is 0 Å². The third-order valence-electron chi connectivity index (χ3n) is 4.73. The van der Waals surface area contributed by atoms with Crippen molar-refractivity contribution >= 4 is 15.7 Å². The van der Waals surface area contributed by atoms with Crippen LogP contribution in [0.1, 0.15) is 22.7 Å². The van der Waals surface area contributed by atoms with Crippen LogP contribution in [-0.2, 0) is 10.0 Å². The molecule has 3 aromatic rings. The van der Waals surface area contributed by atoms with Crippen LogP contribution < -0.4 is 5.43 Å². The molecule has 1 aliphatic heterocycles. The third kappa shape index (κ3) is 3.28. The second-order valence-electron chi connectivity index (χ2n) is 6.68. The van der Waals surface area contributed by atoms with Crippen molar-refractivity contribution in [1.29, 1.82) is 0 Å². The van der Waals surface area contributed by atoms with Gasteiger partial charge in [0.2, 0.25) is 0 Å². The number of nitrogens with one attached hydrogen (secondary N) is 1. The Kier molecular flexibility index (Phi) is 4.66. The first-order valence-electron chi connectivity index (χ1n) is 8.90. The highest BCUT2D eigenvalue weighted by Gasteiger charge is 2.37. The van der Waals surface area contributed by atoms with E-state index in [2.05, 4.69) is 5.43 Å². The summed E-state index contributed by atoms with van der Waals surface area (Å²) in [5, 5.41) is 10.3. The average molecular weight is 392 g/mol. The molecule has 0 saturated carbocycles. The summed E-state index contributed by atoms with van der Waals surface area (Å²) in [5.74, 6) is 0.0453. The summed E-state index contributed by atoms with van der Waals surface area (Å²) >= 11 is 0. The largest absolute Gasteiger partial charge is 0.508 e. The van der Waals surface area contributed by atoms with E-state index in [4.69, 9.17) is 0 Å². The molecule has 6 heteroatoms. The number of aryl methyl sites for hydroxylation is 1. The zero-order valence-corrected chi connectivity index (χ0v) is 16.1. The fourth-order valence-corrected chi connectivity index (χ4v) is 4.63. The van der Waals surface area contributed by atoms with Crippen LogP contribution in [0.5, 0.6) is 5.75 Å². The minimum Gasteiger partial charge on any atom is -0.508 e. The summed E-state index contributed by atoms with van der Waals surface area (Å²) in [6, 6.07) is 22.2. The lowest BCUT2D eigenvalue weighted by Crippen LogP contribution is -2.39. The van der Waals surface area contributed by atoms with E-state index in [9.17, 15) is 13.5 Å². The Hall–Kier alpha value is -3.09. The van der Waals surface area contributed by atoms with Gasteiger partial charge in [0.05, 0.1) is 16.6 Å². The van der Waals surface area contributed by atoms with Crippen LogP contribution in [0.25, 0.3) is 5.70 Å². The summed E-state index contributed by atoms with van der Waals surface area (Å²) in [5.41, 5.74) is 6.21. The van der Waals surface area contributed by atoms with E-state index >= 15 is 0 Å². The van der Waals surface area contributed by atoms with E-state index in [0.717, 1.165) is 11.1 Å². The molecule has 1 aliphatic rings. The molecule has 1 heterocycles. The quantitative estimate of drug-likeness (QED) is 0.704. The molecule has 5 nitrogen and oxygen atoms in total. The van der Waals surface area contributed by atoms with Gasteiger partial charge in [0.25, 0.3) is 10.0 Å². The van der Waals surface area contributed by atoms with Gasteiger partial charge in [-0.05, 0) is 36.8 Å². The van der Waals surface area contributed by atoms with Gasteiger partial charge in [-0.25, -0.2) is 8.42 Å². The molecule has 0 spiro atoms. The lowest BCUT2D eigenvalue weighted by Gasteiger charge is -2.25. The van der Waals surface area contributed by atoms with E-state index in [1.165, 1.54) is 4.41 Å². The summed E-state index contributed by atoms with van der Waals surface area (Å²) in [7, 11) is -3.84. The average Bonchev–Trinajstić information content (AvgIpc) is 3.15. The Morgan fingerprint density at radius 3 is 2.21 bits per heavy atom. The molecule has 1 atom stereocenters. The van der Waals surface area contributed by atoms with Gasteiger partial charge in [-0.3, -0.25) is 0 Å². The fourth-order valence-electron chi connectivity index (χ4n) is 3.21. The number of aromatic hydroxyl groups is 1. The molecule has 142 valence electrons. The molecule has 0 aliphatic carbocycles. The Balaban J connectivity index is 1.81. The van der Waals surface area contributed by atoms with Crippen molar-refractivity contribution in [3.05, 3.63) is 102 Å². The molecule has 4 rings (SSSR count). The Labute approximate surface area is 164 Å². The second-order valence-corrected chi connectivity index (χ2v) is 8.49. The Morgan fingerprint density at radius 2 is 1.54 bits per heavy atom. The van der Waals surface area contributed by atoms with E-state index in [1.807, 2.05) is 37.3 Å². The minimum absolute atomic E-state index is 0.0453. The normalized spacial score (nSPS) is 17.2. The molecular formula is C22H20N2O3S. The number of para-hydroxylation sites is 1. The number of hydrogen-bond acceptors (Lipinski definition) is 4. The van der Waals surface area contributed by atoms with E-state index in [0.29, 0.717) is 11.3 Å². The van der Waals surface area contributed by atoms with E-state index in [1.54, 1.807) is 54.6 Å². The monoisotopic (exact) mass is 392 g/mol. The number of phenolic OH excluding ortho intramolecular Hbond substituents is 1. The second kappa shape index (κ2) is 7.14. The first kappa shape index (κ1) is 18.3. The first-order valence-corrected chi connectivity index (χ1v) is 10.3. The van der Waals surface area contributed by atoms with Crippen LogP contribution in [-0.4, -0.2) is 17.9 Å². The van der Waals surface area contributed by atoms with Gasteiger partial charge in [0.1, 0.15) is 5.75 Å². The SMILES string of the molecule is Cc1ccc(C2=C[C@@H](c3ccccc3O)N(S(=O)(=O)c3ccccc3)N2)cc1. The molecule has 0 unspecified atom stereocenters. The Bertz CT molecular complexity index is 1120. The van der Waals surface area contributed by atoms with Crippen molar-refractivity contribution in [1.82, 2.24) is 9.84 Å². The Morgan fingerprint density at radius 1 is 0.893 bits per heavy atom. The van der Waals surface area contributed by atoms with Crippen LogP contribution in [0.15, 0.2) is 89.8 Å². The maximum Gasteiger partial charge on any atom is 0.260 e. The van der Waals surface area contributed by atoms with Gasteiger partial charge in [-0.15, -0.1) is 4.41 Å². The van der Waals surface area contributed by atoms with Crippen LogP contribution >= 0.6 is 0 Å². The van der Waals surface area contributed by atoms with Gasteiger partial charge >= 0.3 is 0 Å². The van der Waals surface area contributed by atoms with Crippen LogP contribution in [0, 0.1) is 6.92 Å². The van der Waals surface area contributed by atoms with Gasteiger partial charge < -0.3 is 10.5 Å². The maximum absolute atomic E-state index is 13.3. The van der Waals surface area contributed by atoms with Crippen molar-refractivity contribution < 1.29 is 13.5 Å². The lowest BCUT2D eigenvalue weighted by atomic mass is 10.0. The van der Waals surface area contributed by atoms with Crippen LogP contribution in [0.3, 0.4) is 0 Å². The standard InChI is InChI=1S/C22H20N2O3S/c1-16-11-13-17(14-12-16)20-15-21(19-9-5-6-10-22(19)25)24(23-20)28(26,27)18-7-3-2-4-8-18/h2-15,21,23,25H,1H3/t21-/m0/s1. The molecule has 0 bridgehead atoms. The van der Waals surface area contributed by atoms with Gasteiger partial charge in [0.15, 0.2) is 0 Å². The number of rotatable bonds is 4. The number of sulfonamides is 1. The van der Waals surface area contributed by atoms with Crippen molar-refractivity contribution in [2.45, 2.75) is 17.9 Å². The smallest absolute Gasteiger partial charge is 0.260 e. The highest BCUT2D eigenvalue weighted by molar-refractivity contribution is 7.89. The molecule has 0 amide bonds. The highest BCUT2D eigenvalue weighted by Crippen LogP contribution is 2.38. The number of phenols is 1. The zero-order chi connectivity index (χ0) is 19.7. The molecule has 0 saturated heterocycles. The molecular weight excluding hydrogens is 372 g/mol. The van der Waals surface area contributed by atoms with Crippen LogP contribution in [0.4, 0.5) is 0 Å². The van der Waals surface area contributed by atoms with E-state index < -0.39 is 16.1 Å². The predicted molar refractivity (Wildman–Crippen MR) is 109 cm³/mol. The zero-order valence-electron chi connectivity index (χ0n) is 15.3. The predicted octanol–water partition coefficient (Wildman–Crippen LogP) is 3.99. The van der Waals surface area contributed by atoms with Gasteiger partial charge in [0, 0.05) is 5.56 Å². The van der Waals surface area contributed by atoms with E-state index in [-0.39, 0.29) is 10.6 Å². The summed E-state index contributed by atoms with van der Waals surface area (Å²) in [4.78, 5) is 0.182. The minimum atomic E-state index is -3.84. The topological polar surface area (TPSA) is 69.6 Å². The van der Waals surface area contributed by atoms with Gasteiger partial charge in [-0.2, -0.15) is 0 Å².